The maximum absolute atomic E-state index is 12.7. The predicted octanol–water partition coefficient (Wildman–Crippen LogP) is 1.76. The lowest BCUT2D eigenvalue weighted by Crippen LogP contribution is -2.32. The fourth-order valence-corrected chi connectivity index (χ4v) is 1.87. The van der Waals surface area contributed by atoms with Crippen LogP contribution in [0.1, 0.15) is 11.1 Å². The van der Waals surface area contributed by atoms with Crippen LogP contribution in [0.3, 0.4) is 0 Å². The molecule has 0 atom stereocenters. The lowest BCUT2D eigenvalue weighted by Gasteiger charge is -2.12. The summed E-state index contributed by atoms with van der Waals surface area (Å²) in [6.07, 6.45) is -3.00. The second-order valence-electron chi connectivity index (χ2n) is 4.40. The smallest absolute Gasteiger partial charge is 0.423 e. The predicted molar refractivity (Wildman–Crippen MR) is 69.2 cm³/mol. The highest BCUT2D eigenvalue weighted by Crippen LogP contribution is 2.31. The Morgan fingerprint density at radius 3 is 2.45 bits per heavy atom. The zero-order chi connectivity index (χ0) is 14.9. The van der Waals surface area contributed by atoms with Crippen LogP contribution in [0.15, 0.2) is 36.5 Å². The van der Waals surface area contributed by atoms with Gasteiger partial charge in [-0.25, -0.2) is 0 Å². The first-order valence-corrected chi connectivity index (χ1v) is 5.79. The van der Waals surface area contributed by atoms with Gasteiger partial charge >= 0.3 is 13.3 Å². The average Bonchev–Trinajstić information content (AvgIpc) is 2.37. The average molecular weight is 281 g/mol. The highest BCUT2D eigenvalue weighted by atomic mass is 19.4. The number of pyridine rings is 1. The minimum absolute atomic E-state index is 0.0734. The monoisotopic (exact) mass is 281 g/mol. The molecule has 0 fully saturated rings. The van der Waals surface area contributed by atoms with Crippen LogP contribution >= 0.6 is 0 Å². The Morgan fingerprint density at radius 1 is 1.15 bits per heavy atom. The minimum Gasteiger partial charge on any atom is -0.423 e. The molecule has 20 heavy (non-hydrogen) atoms. The molecule has 0 spiro atoms. The van der Waals surface area contributed by atoms with Crippen LogP contribution in [-0.4, -0.2) is 22.2 Å². The van der Waals surface area contributed by atoms with E-state index in [4.69, 9.17) is 0 Å². The van der Waals surface area contributed by atoms with Crippen LogP contribution in [-0.2, 0) is 6.18 Å². The lowest BCUT2D eigenvalue weighted by molar-refractivity contribution is -0.137. The van der Waals surface area contributed by atoms with Crippen molar-refractivity contribution in [3.8, 4) is 11.3 Å². The Bertz CT molecular complexity index is 629. The summed E-state index contributed by atoms with van der Waals surface area (Å²) in [5, 5.41) is 18.6. The number of aryl methyl sites for hydroxylation is 1. The van der Waals surface area contributed by atoms with Crippen LogP contribution in [0, 0.1) is 6.92 Å². The van der Waals surface area contributed by atoms with Gasteiger partial charge in [0.05, 0.1) is 11.3 Å². The first-order valence-electron chi connectivity index (χ1n) is 5.79. The SMILES string of the molecule is Cc1cnc(-c2cccc(C(F)(F)F)c2)c(B(O)O)c1. The van der Waals surface area contributed by atoms with Crippen LogP contribution in [0.2, 0.25) is 0 Å². The summed E-state index contributed by atoms with van der Waals surface area (Å²) in [6.45, 7) is 1.70. The summed E-state index contributed by atoms with van der Waals surface area (Å²) in [5.41, 5.74) is 0.253. The molecule has 1 aromatic carbocycles. The number of rotatable bonds is 2. The van der Waals surface area contributed by atoms with Crippen molar-refractivity contribution in [1.82, 2.24) is 4.98 Å². The van der Waals surface area contributed by atoms with Gasteiger partial charge in [0.1, 0.15) is 0 Å². The number of alkyl halides is 3. The topological polar surface area (TPSA) is 53.4 Å². The van der Waals surface area contributed by atoms with E-state index in [9.17, 15) is 23.2 Å². The molecule has 0 amide bonds. The fourth-order valence-electron chi connectivity index (χ4n) is 1.87. The molecular weight excluding hydrogens is 270 g/mol. The molecule has 2 aromatic rings. The summed E-state index contributed by atoms with van der Waals surface area (Å²) in [7, 11) is -1.80. The van der Waals surface area contributed by atoms with Gasteiger partial charge in [-0.2, -0.15) is 13.2 Å². The van der Waals surface area contributed by atoms with Gasteiger partial charge in [0.2, 0.25) is 0 Å². The molecule has 2 N–H and O–H groups in total. The number of aromatic nitrogens is 1. The number of benzene rings is 1. The van der Waals surface area contributed by atoms with Gasteiger partial charge in [0.25, 0.3) is 0 Å². The Labute approximate surface area is 113 Å². The molecule has 0 unspecified atom stereocenters. The van der Waals surface area contributed by atoms with Gasteiger partial charge in [-0.1, -0.05) is 18.2 Å². The van der Waals surface area contributed by atoms with E-state index in [1.807, 2.05) is 0 Å². The molecule has 1 aromatic heterocycles. The standard InChI is InChI=1S/C13H11BF3NO2/c1-8-5-11(14(19)20)12(18-7-8)9-3-2-4-10(6-9)13(15,16)17/h2-7,19-20H,1H3. The zero-order valence-corrected chi connectivity index (χ0v) is 10.5. The molecule has 2 rings (SSSR count). The second kappa shape index (κ2) is 5.26. The van der Waals surface area contributed by atoms with Gasteiger partial charge in [-0.3, -0.25) is 4.98 Å². The van der Waals surface area contributed by atoms with Crippen molar-refractivity contribution in [2.45, 2.75) is 13.1 Å². The maximum Gasteiger partial charge on any atom is 0.490 e. The van der Waals surface area contributed by atoms with Crippen molar-refractivity contribution in [1.29, 1.82) is 0 Å². The molecule has 0 radical (unpaired) electrons. The Balaban J connectivity index is 2.57. The van der Waals surface area contributed by atoms with E-state index in [1.54, 1.807) is 6.92 Å². The lowest BCUT2D eigenvalue weighted by atomic mass is 9.77. The van der Waals surface area contributed by atoms with Crippen LogP contribution in [0.5, 0.6) is 0 Å². The highest BCUT2D eigenvalue weighted by Gasteiger charge is 2.31. The van der Waals surface area contributed by atoms with Crippen LogP contribution in [0.25, 0.3) is 11.3 Å². The molecule has 104 valence electrons. The maximum atomic E-state index is 12.7. The Morgan fingerprint density at radius 2 is 1.85 bits per heavy atom. The number of hydrogen-bond acceptors (Lipinski definition) is 3. The normalized spacial score (nSPS) is 11.5. The molecule has 1 heterocycles. The summed E-state index contributed by atoms with van der Waals surface area (Å²) < 4.78 is 38.1. The quantitative estimate of drug-likeness (QED) is 0.825. The molecule has 7 heteroatoms. The first-order chi connectivity index (χ1) is 9.29. The van der Waals surface area contributed by atoms with Crippen LogP contribution in [0.4, 0.5) is 13.2 Å². The molecular formula is C13H11BF3NO2. The van der Waals surface area contributed by atoms with Crippen molar-refractivity contribution in [2.75, 3.05) is 0 Å². The third kappa shape index (κ3) is 3.00. The fraction of sp³-hybridized carbons (Fsp3) is 0.154. The van der Waals surface area contributed by atoms with Gasteiger partial charge in [-0.15, -0.1) is 0 Å². The zero-order valence-electron chi connectivity index (χ0n) is 10.5. The van der Waals surface area contributed by atoms with E-state index in [-0.39, 0.29) is 16.7 Å². The molecule has 0 aliphatic heterocycles. The number of hydrogen-bond donors (Lipinski definition) is 2. The molecule has 0 aliphatic carbocycles. The largest absolute Gasteiger partial charge is 0.490 e. The first kappa shape index (κ1) is 14.6. The van der Waals surface area contributed by atoms with E-state index in [2.05, 4.69) is 4.98 Å². The summed E-state index contributed by atoms with van der Waals surface area (Å²) in [6, 6.07) is 6.07. The summed E-state index contributed by atoms with van der Waals surface area (Å²) in [5.74, 6) is 0. The van der Waals surface area contributed by atoms with Crippen molar-refractivity contribution in [3.05, 3.63) is 47.7 Å². The van der Waals surface area contributed by atoms with Gasteiger partial charge < -0.3 is 10.0 Å². The van der Waals surface area contributed by atoms with E-state index >= 15 is 0 Å². The molecule has 0 bridgehead atoms. The Kier molecular flexibility index (Phi) is 3.83. The van der Waals surface area contributed by atoms with E-state index in [1.165, 1.54) is 24.4 Å². The van der Waals surface area contributed by atoms with Crippen molar-refractivity contribution < 1.29 is 23.2 Å². The van der Waals surface area contributed by atoms with Gasteiger partial charge in [0, 0.05) is 17.2 Å². The van der Waals surface area contributed by atoms with Crippen LogP contribution < -0.4 is 5.46 Å². The van der Waals surface area contributed by atoms with E-state index in [0.717, 1.165) is 12.1 Å². The third-order valence-electron chi connectivity index (χ3n) is 2.80. The number of halogens is 3. The minimum atomic E-state index is -4.46. The summed E-state index contributed by atoms with van der Waals surface area (Å²) in [4.78, 5) is 4.01. The van der Waals surface area contributed by atoms with E-state index < -0.39 is 18.9 Å². The van der Waals surface area contributed by atoms with Gasteiger partial charge in [0.15, 0.2) is 0 Å². The molecule has 3 nitrogen and oxygen atoms in total. The van der Waals surface area contributed by atoms with Crippen molar-refractivity contribution in [2.24, 2.45) is 0 Å². The molecule has 0 saturated carbocycles. The summed E-state index contributed by atoms with van der Waals surface area (Å²) >= 11 is 0. The number of nitrogens with zero attached hydrogens (tertiary/aromatic N) is 1. The Hall–Kier alpha value is -1.86. The molecule has 0 saturated heterocycles. The highest BCUT2D eigenvalue weighted by molar-refractivity contribution is 6.60. The second-order valence-corrected chi connectivity index (χ2v) is 4.40. The van der Waals surface area contributed by atoms with Crippen molar-refractivity contribution in [3.63, 3.8) is 0 Å². The van der Waals surface area contributed by atoms with Gasteiger partial charge in [-0.05, 0) is 24.6 Å². The van der Waals surface area contributed by atoms with Crippen molar-refractivity contribution >= 4 is 12.6 Å². The third-order valence-corrected chi connectivity index (χ3v) is 2.80. The van der Waals surface area contributed by atoms with E-state index in [0.29, 0.717) is 5.56 Å². The molecule has 0 aliphatic rings.